The third-order valence-corrected chi connectivity index (χ3v) is 6.48. The Morgan fingerprint density at radius 3 is 0.844 bits per heavy atom. The largest absolute Gasteiger partial charge is 0.474 e. The Bertz CT molecular complexity index is 565. The van der Waals surface area contributed by atoms with Crippen LogP contribution in [0.15, 0.2) is 0 Å². The van der Waals surface area contributed by atoms with Crippen molar-refractivity contribution in [1.29, 1.82) is 0 Å². The van der Waals surface area contributed by atoms with Gasteiger partial charge in [0.2, 0.25) is 0 Å². The number of hydrogen-bond acceptors (Lipinski definition) is 4. The van der Waals surface area contributed by atoms with Crippen LogP contribution in [0.4, 0.5) is 52.7 Å². The van der Waals surface area contributed by atoms with E-state index in [9.17, 15) is 57.3 Å². The lowest BCUT2D eigenvalue weighted by molar-refractivity contribution is -0.160. The molecule has 0 fully saturated rings. The van der Waals surface area contributed by atoms with Gasteiger partial charge in [0.1, 0.15) is 0 Å². The molecule has 0 rings (SSSR count). The minimum Gasteiger partial charge on any atom is -0.287 e. The van der Waals surface area contributed by atoms with Gasteiger partial charge in [0.05, 0.1) is 19.8 Å². The van der Waals surface area contributed by atoms with Crippen LogP contribution < -0.4 is 0 Å². The van der Waals surface area contributed by atoms with Crippen LogP contribution in [0, 0.1) is 0 Å². The predicted octanol–water partition coefficient (Wildman–Crippen LogP) is 8.18. The molecule has 0 spiro atoms. The fourth-order valence-corrected chi connectivity index (χ4v) is 3.16. The van der Waals surface area contributed by atoms with Gasteiger partial charge in [0, 0.05) is 19.3 Å². The van der Waals surface area contributed by atoms with Gasteiger partial charge in [-0.05, 0) is 47.8 Å². The Kier molecular flexibility index (Phi) is 11.4. The quantitative estimate of drug-likeness (QED) is 0.0974. The van der Waals surface area contributed by atoms with Gasteiger partial charge in [-0.2, -0.15) is 52.7 Å². The summed E-state index contributed by atoms with van der Waals surface area (Å²) in [7, 11) is -5.42. The van der Waals surface area contributed by atoms with E-state index in [0.717, 1.165) is 0 Å². The number of phosphoric ester groups is 1. The molecule has 0 saturated heterocycles. The van der Waals surface area contributed by atoms with Crippen molar-refractivity contribution in [1.82, 2.24) is 0 Å². The Morgan fingerprint density at radius 1 is 0.500 bits per heavy atom. The summed E-state index contributed by atoms with van der Waals surface area (Å²) in [5, 5.41) is 0. The van der Waals surface area contributed by atoms with Crippen molar-refractivity contribution in [2.45, 2.75) is 51.5 Å². The van der Waals surface area contributed by atoms with Crippen molar-refractivity contribution in [2.24, 2.45) is 0 Å². The monoisotopic (exact) mass is 716 g/mol. The highest BCUT2D eigenvalue weighted by atomic mass is 79.9. The molecule has 32 heavy (non-hydrogen) atoms. The Morgan fingerprint density at radius 2 is 0.688 bits per heavy atom. The number of phosphoric acid groups is 1. The summed E-state index contributed by atoms with van der Waals surface area (Å²) in [6, 6.07) is 0. The highest BCUT2D eigenvalue weighted by Gasteiger charge is 2.56. The SMILES string of the molecule is O=P(OCCC(F)(F)C(F)(F)Br)(OCCC(F)(F)C(F)(F)Br)OCCC(F)(F)C(F)(F)Br. The summed E-state index contributed by atoms with van der Waals surface area (Å²) in [5.74, 6) is -14.5. The first-order valence-corrected chi connectivity index (χ1v) is 11.6. The maximum Gasteiger partial charge on any atom is 0.474 e. The van der Waals surface area contributed by atoms with Crippen LogP contribution in [-0.4, -0.2) is 52.1 Å². The average Bonchev–Trinajstić information content (AvgIpc) is 2.50. The zero-order valence-electron chi connectivity index (χ0n) is 15.0. The first-order valence-electron chi connectivity index (χ1n) is 7.74. The minimum atomic E-state index is -5.42. The van der Waals surface area contributed by atoms with E-state index < -0.39 is 79.2 Å². The van der Waals surface area contributed by atoms with E-state index >= 15 is 0 Å². The van der Waals surface area contributed by atoms with E-state index in [0.29, 0.717) is 0 Å². The number of halogens is 15. The third kappa shape index (κ3) is 10.1. The van der Waals surface area contributed by atoms with Gasteiger partial charge in [0.25, 0.3) is 0 Å². The molecule has 0 amide bonds. The minimum absolute atomic E-state index is 1.36. The summed E-state index contributed by atoms with van der Waals surface area (Å²) in [6.45, 7) is -4.79. The predicted molar refractivity (Wildman–Crippen MR) is 95.8 cm³/mol. The van der Waals surface area contributed by atoms with Crippen LogP contribution in [0.5, 0.6) is 0 Å². The Balaban J connectivity index is 5.22. The first kappa shape index (κ1) is 32.7. The van der Waals surface area contributed by atoms with E-state index in [1.165, 1.54) is 47.8 Å². The molecule has 0 aromatic carbocycles. The standard InChI is InChI=1S/C12H12Br3F12O4P/c13-10(22,23)7(16,17)1-4-29-32(28,30-5-2-8(18,19)11(14,24)25)31-6-3-9(20,21)12(15,26)27/h1-6H2. The molecule has 0 N–H and O–H groups in total. The highest BCUT2D eigenvalue weighted by Crippen LogP contribution is 2.53. The van der Waals surface area contributed by atoms with Crippen molar-refractivity contribution < 1.29 is 70.8 Å². The molecule has 0 aliphatic rings. The van der Waals surface area contributed by atoms with Crippen LogP contribution in [0.3, 0.4) is 0 Å². The second kappa shape index (κ2) is 11.2. The molecule has 0 radical (unpaired) electrons. The Hall–Kier alpha value is 0.710. The fraction of sp³-hybridized carbons (Fsp3) is 1.00. The molecule has 0 atom stereocenters. The second-order valence-corrected chi connectivity index (χ2v) is 10.5. The topological polar surface area (TPSA) is 44.8 Å². The van der Waals surface area contributed by atoms with Crippen molar-refractivity contribution in [2.75, 3.05) is 19.8 Å². The summed E-state index contributed by atoms with van der Waals surface area (Å²) in [4.78, 5) is -14.3. The molecule has 0 aliphatic heterocycles. The van der Waals surface area contributed by atoms with Crippen molar-refractivity contribution >= 4 is 55.6 Å². The second-order valence-electron chi connectivity index (χ2n) is 5.80. The van der Waals surface area contributed by atoms with Crippen molar-refractivity contribution in [3.63, 3.8) is 0 Å². The zero-order chi connectivity index (χ0) is 25.9. The average molecular weight is 719 g/mol. The molecule has 0 bridgehead atoms. The molecule has 4 nitrogen and oxygen atoms in total. The molecule has 194 valence electrons. The smallest absolute Gasteiger partial charge is 0.287 e. The van der Waals surface area contributed by atoms with Crippen LogP contribution >= 0.6 is 55.6 Å². The Labute approximate surface area is 197 Å². The lowest BCUT2D eigenvalue weighted by Gasteiger charge is -2.25. The van der Waals surface area contributed by atoms with E-state index in [-0.39, 0.29) is 0 Å². The summed E-state index contributed by atoms with van der Waals surface area (Å²) >= 11 is 4.07. The molecule has 0 heterocycles. The molecule has 0 aliphatic carbocycles. The maximum absolute atomic E-state index is 13.2. The number of hydrogen-bond donors (Lipinski definition) is 0. The highest BCUT2D eigenvalue weighted by molar-refractivity contribution is 9.10. The normalized spacial score (nSPS) is 15.3. The van der Waals surface area contributed by atoms with Crippen LogP contribution in [0.2, 0.25) is 0 Å². The molecule has 0 saturated carbocycles. The number of alkyl halides is 15. The fourth-order valence-electron chi connectivity index (χ4n) is 1.39. The number of rotatable bonds is 15. The van der Waals surface area contributed by atoms with E-state index in [1.807, 2.05) is 0 Å². The molecular weight excluding hydrogens is 707 g/mol. The lowest BCUT2D eigenvalue weighted by Crippen LogP contribution is -2.36. The van der Waals surface area contributed by atoms with Crippen LogP contribution in [0.25, 0.3) is 0 Å². The summed E-state index contributed by atoms with van der Waals surface area (Å²) < 4.78 is 180. The van der Waals surface area contributed by atoms with Crippen molar-refractivity contribution in [3.05, 3.63) is 0 Å². The van der Waals surface area contributed by atoms with E-state index in [2.05, 4.69) is 13.6 Å². The molecule has 20 heteroatoms. The zero-order valence-corrected chi connectivity index (χ0v) is 20.6. The van der Waals surface area contributed by atoms with Gasteiger partial charge in [-0.15, -0.1) is 0 Å². The van der Waals surface area contributed by atoms with Gasteiger partial charge in [-0.1, -0.05) is 0 Å². The molecule has 0 unspecified atom stereocenters. The maximum atomic E-state index is 13.2. The molecule has 0 aromatic heterocycles. The van der Waals surface area contributed by atoms with Gasteiger partial charge in [-0.3, -0.25) is 13.6 Å². The summed E-state index contributed by atoms with van der Waals surface area (Å²) in [6.07, 6.45) is -5.69. The van der Waals surface area contributed by atoms with Gasteiger partial charge in [0.15, 0.2) is 0 Å². The van der Waals surface area contributed by atoms with Gasteiger partial charge in [-0.25, -0.2) is 4.57 Å². The third-order valence-electron chi connectivity index (χ3n) is 3.24. The lowest BCUT2D eigenvalue weighted by atomic mass is 10.2. The van der Waals surface area contributed by atoms with Crippen LogP contribution in [-0.2, 0) is 18.1 Å². The van der Waals surface area contributed by atoms with E-state index in [4.69, 9.17) is 0 Å². The van der Waals surface area contributed by atoms with Crippen molar-refractivity contribution in [3.8, 4) is 0 Å². The molecule has 0 aromatic rings. The van der Waals surface area contributed by atoms with Gasteiger partial charge >= 0.3 is 40.1 Å². The van der Waals surface area contributed by atoms with Crippen LogP contribution in [0.1, 0.15) is 19.3 Å². The molecular formula is C12H12Br3F12O4P. The first-order chi connectivity index (χ1) is 13.9. The van der Waals surface area contributed by atoms with Gasteiger partial charge < -0.3 is 0 Å². The van der Waals surface area contributed by atoms with E-state index in [1.54, 1.807) is 0 Å². The summed E-state index contributed by atoms with van der Waals surface area (Å²) in [5.41, 5.74) is 0.